The minimum absolute atomic E-state index is 0.0188. The molecule has 0 unspecified atom stereocenters. The van der Waals surface area contributed by atoms with Gasteiger partial charge in [-0.1, -0.05) is 24.7 Å². The van der Waals surface area contributed by atoms with Gasteiger partial charge >= 0.3 is 0 Å². The predicted molar refractivity (Wildman–Crippen MR) is 133 cm³/mol. The highest BCUT2D eigenvalue weighted by Crippen LogP contribution is 2.27. The van der Waals surface area contributed by atoms with Crippen LogP contribution < -0.4 is 10.2 Å². The van der Waals surface area contributed by atoms with Crippen molar-refractivity contribution in [3.8, 4) is 0 Å². The first-order valence-corrected chi connectivity index (χ1v) is 13.2. The van der Waals surface area contributed by atoms with Crippen LogP contribution in [0.15, 0.2) is 18.3 Å². The van der Waals surface area contributed by atoms with E-state index >= 15 is 0 Å². The molecule has 0 aliphatic carbocycles. The first-order chi connectivity index (χ1) is 16.1. The van der Waals surface area contributed by atoms with Crippen LogP contribution >= 0.6 is 11.3 Å². The Labute approximate surface area is 200 Å². The van der Waals surface area contributed by atoms with Gasteiger partial charge in [-0.2, -0.15) is 0 Å². The Kier molecular flexibility index (Phi) is 8.50. The molecule has 8 nitrogen and oxygen atoms in total. The van der Waals surface area contributed by atoms with Crippen molar-refractivity contribution in [2.75, 3.05) is 50.7 Å². The van der Waals surface area contributed by atoms with Crippen LogP contribution in [0, 0.1) is 0 Å². The van der Waals surface area contributed by atoms with Crippen molar-refractivity contribution in [1.82, 2.24) is 25.1 Å². The zero-order chi connectivity index (χ0) is 23.0. The van der Waals surface area contributed by atoms with Gasteiger partial charge in [-0.15, -0.1) is 0 Å². The van der Waals surface area contributed by atoms with E-state index < -0.39 is 0 Å². The van der Waals surface area contributed by atoms with E-state index in [4.69, 9.17) is 0 Å². The molecule has 9 heteroatoms. The molecule has 0 radical (unpaired) electrons. The van der Waals surface area contributed by atoms with Crippen LogP contribution in [0.4, 0.5) is 5.13 Å². The maximum Gasteiger partial charge on any atom is 0.223 e. The topological polar surface area (TPSA) is 81.7 Å². The highest BCUT2D eigenvalue weighted by molar-refractivity contribution is 7.21. The van der Waals surface area contributed by atoms with Gasteiger partial charge in [0.15, 0.2) is 5.13 Å². The fourth-order valence-electron chi connectivity index (χ4n) is 4.83. The van der Waals surface area contributed by atoms with Crippen LogP contribution in [0.1, 0.15) is 51.9 Å². The third kappa shape index (κ3) is 6.41. The first-order valence-electron chi connectivity index (χ1n) is 12.4. The zero-order valence-corrected chi connectivity index (χ0v) is 20.5. The SMILES string of the molecule is CC[C@H]1CCCCN1CCCNC(=O)CCC(=O)N1CCN(c2nc3cccnc3s2)CC1. The molecular formula is C24H36N6O2S. The molecule has 0 aromatic carbocycles. The molecule has 0 saturated carbocycles. The molecule has 2 aromatic heterocycles. The van der Waals surface area contributed by atoms with Crippen molar-refractivity contribution >= 4 is 38.6 Å². The number of likely N-dealkylation sites (tertiary alicyclic amines) is 1. The number of carbonyl (C=O) groups is 2. The Hall–Kier alpha value is -2.26. The second-order valence-corrected chi connectivity index (χ2v) is 9.95. The summed E-state index contributed by atoms with van der Waals surface area (Å²) in [5.41, 5.74) is 0.920. The van der Waals surface area contributed by atoms with E-state index in [-0.39, 0.29) is 24.7 Å². The molecule has 2 amide bonds. The summed E-state index contributed by atoms with van der Waals surface area (Å²) < 4.78 is 0. The number of nitrogens with one attached hydrogen (secondary N) is 1. The second kappa shape index (κ2) is 11.7. The van der Waals surface area contributed by atoms with Crippen LogP contribution in [0.2, 0.25) is 0 Å². The fourth-order valence-corrected chi connectivity index (χ4v) is 5.79. The molecule has 0 spiro atoms. The van der Waals surface area contributed by atoms with Gasteiger partial charge in [-0.3, -0.25) is 9.59 Å². The van der Waals surface area contributed by atoms with Gasteiger partial charge in [0.05, 0.1) is 0 Å². The summed E-state index contributed by atoms with van der Waals surface area (Å²) in [5.74, 6) is 0.0459. The third-order valence-corrected chi connectivity index (χ3v) is 7.83. The first kappa shape index (κ1) is 23.9. The molecule has 2 aliphatic heterocycles. The van der Waals surface area contributed by atoms with Gasteiger partial charge in [0, 0.05) is 64.3 Å². The number of amides is 2. The Morgan fingerprint density at radius 2 is 2.00 bits per heavy atom. The van der Waals surface area contributed by atoms with E-state index in [1.807, 2.05) is 17.0 Å². The lowest BCUT2D eigenvalue weighted by Gasteiger charge is -2.35. The summed E-state index contributed by atoms with van der Waals surface area (Å²) in [5, 5.41) is 3.96. The molecule has 2 saturated heterocycles. The van der Waals surface area contributed by atoms with Crippen molar-refractivity contribution in [2.24, 2.45) is 0 Å². The average Bonchev–Trinajstić information content (AvgIpc) is 3.30. The number of piperidine rings is 1. The lowest BCUT2D eigenvalue weighted by Crippen LogP contribution is -2.49. The number of nitrogens with zero attached hydrogens (tertiary/aromatic N) is 5. The van der Waals surface area contributed by atoms with Gasteiger partial charge in [0.2, 0.25) is 11.8 Å². The van der Waals surface area contributed by atoms with E-state index in [1.54, 1.807) is 17.5 Å². The summed E-state index contributed by atoms with van der Waals surface area (Å²) in [6, 6.07) is 4.58. The van der Waals surface area contributed by atoms with Crippen LogP contribution in [-0.4, -0.2) is 83.4 Å². The van der Waals surface area contributed by atoms with Crippen molar-refractivity contribution in [3.63, 3.8) is 0 Å². The summed E-state index contributed by atoms with van der Waals surface area (Å²) in [6.07, 6.45) is 8.45. The molecule has 2 aromatic rings. The number of carbonyl (C=O) groups excluding carboxylic acids is 2. The largest absolute Gasteiger partial charge is 0.356 e. The van der Waals surface area contributed by atoms with Crippen molar-refractivity contribution < 1.29 is 9.59 Å². The number of pyridine rings is 1. The Bertz CT molecular complexity index is 894. The number of fused-ring (bicyclic) bond motifs is 1. The Morgan fingerprint density at radius 3 is 2.79 bits per heavy atom. The van der Waals surface area contributed by atoms with E-state index in [2.05, 4.69) is 32.0 Å². The van der Waals surface area contributed by atoms with Gasteiger partial charge in [0.1, 0.15) is 10.3 Å². The van der Waals surface area contributed by atoms with Crippen molar-refractivity contribution in [3.05, 3.63) is 18.3 Å². The van der Waals surface area contributed by atoms with Crippen molar-refractivity contribution in [2.45, 2.75) is 57.9 Å². The molecule has 2 aliphatic rings. The van der Waals surface area contributed by atoms with Gasteiger partial charge in [-0.25, -0.2) is 9.97 Å². The number of anilines is 1. The third-order valence-electron chi connectivity index (χ3n) is 6.79. The van der Waals surface area contributed by atoms with Gasteiger partial charge < -0.3 is 20.0 Å². The Balaban J connectivity index is 1.11. The standard InChI is InChI=1S/C24H36N6O2S/c1-2-19-7-3-4-13-28(19)14-6-12-25-21(31)9-10-22(32)29-15-17-30(18-16-29)24-27-20-8-5-11-26-23(20)33-24/h5,8,11,19H,2-4,6-7,9-10,12-18H2,1H3,(H,25,31)/t19-/m0/s1. The highest BCUT2D eigenvalue weighted by Gasteiger charge is 2.24. The normalized spacial score (nSPS) is 19.7. The van der Waals surface area contributed by atoms with E-state index in [0.29, 0.717) is 25.7 Å². The van der Waals surface area contributed by atoms with E-state index in [1.165, 1.54) is 32.2 Å². The number of aromatic nitrogens is 2. The molecule has 4 rings (SSSR count). The molecule has 2 fully saturated rings. The molecule has 180 valence electrons. The lowest BCUT2D eigenvalue weighted by molar-refractivity contribution is -0.133. The number of rotatable bonds is 9. The quantitative estimate of drug-likeness (QED) is 0.565. The number of hydrogen-bond donors (Lipinski definition) is 1. The van der Waals surface area contributed by atoms with Gasteiger partial charge in [0.25, 0.3) is 0 Å². The van der Waals surface area contributed by atoms with Crippen LogP contribution in [0.3, 0.4) is 0 Å². The predicted octanol–water partition coefficient (Wildman–Crippen LogP) is 2.89. The maximum atomic E-state index is 12.6. The zero-order valence-electron chi connectivity index (χ0n) is 19.7. The monoisotopic (exact) mass is 472 g/mol. The molecule has 4 heterocycles. The number of hydrogen-bond acceptors (Lipinski definition) is 7. The molecule has 1 N–H and O–H groups in total. The molecule has 33 heavy (non-hydrogen) atoms. The molecule has 0 bridgehead atoms. The molecular weight excluding hydrogens is 436 g/mol. The Morgan fingerprint density at radius 1 is 1.15 bits per heavy atom. The number of piperazine rings is 1. The maximum absolute atomic E-state index is 12.6. The minimum Gasteiger partial charge on any atom is -0.356 e. The highest BCUT2D eigenvalue weighted by atomic mass is 32.1. The van der Waals surface area contributed by atoms with Crippen LogP contribution in [0.25, 0.3) is 10.3 Å². The summed E-state index contributed by atoms with van der Waals surface area (Å²) in [7, 11) is 0. The average molecular weight is 473 g/mol. The summed E-state index contributed by atoms with van der Waals surface area (Å²) in [6.45, 7) is 8.03. The van der Waals surface area contributed by atoms with Crippen LogP contribution in [0.5, 0.6) is 0 Å². The van der Waals surface area contributed by atoms with Gasteiger partial charge in [-0.05, 0) is 44.4 Å². The molecule has 1 atom stereocenters. The van der Waals surface area contributed by atoms with Crippen LogP contribution in [-0.2, 0) is 9.59 Å². The van der Waals surface area contributed by atoms with E-state index in [9.17, 15) is 9.59 Å². The lowest BCUT2D eigenvalue weighted by atomic mass is 10.00. The summed E-state index contributed by atoms with van der Waals surface area (Å²) >= 11 is 1.59. The smallest absolute Gasteiger partial charge is 0.223 e. The fraction of sp³-hybridized carbons (Fsp3) is 0.667. The second-order valence-electron chi connectivity index (χ2n) is 8.99. The minimum atomic E-state index is -0.0188. The number of thiazole rings is 1. The summed E-state index contributed by atoms with van der Waals surface area (Å²) in [4.78, 5) is 41.4. The van der Waals surface area contributed by atoms with Crippen molar-refractivity contribution in [1.29, 1.82) is 0 Å². The van der Waals surface area contributed by atoms with E-state index in [0.717, 1.165) is 41.5 Å².